The van der Waals surface area contributed by atoms with Gasteiger partial charge in [0.05, 0.1) is 0 Å². The fraction of sp³-hybridized carbons (Fsp3) is 0.286. The van der Waals surface area contributed by atoms with Gasteiger partial charge in [0.15, 0.2) is 17.3 Å². The number of halogens is 2. The quantitative estimate of drug-likeness (QED) is 0.522. The van der Waals surface area contributed by atoms with E-state index in [1.165, 1.54) is 6.07 Å². The maximum Gasteiger partial charge on any atom is 0.185 e. The number of hydrogen-bond donors (Lipinski definition) is 0. The number of benzene rings is 1. The van der Waals surface area contributed by atoms with Crippen molar-refractivity contribution in [1.29, 1.82) is 0 Å². The third-order valence-corrected chi connectivity index (χ3v) is 5.52. The van der Waals surface area contributed by atoms with E-state index in [1.54, 1.807) is 6.07 Å². The summed E-state index contributed by atoms with van der Waals surface area (Å²) in [6.45, 7) is 3.43. The maximum absolute atomic E-state index is 14.2. The van der Waals surface area contributed by atoms with Gasteiger partial charge < -0.3 is 4.90 Å². The SMILES string of the molecule is Cc1cc(N2CCC(c3nnc4ccccn34)CC2)c2ccc(F)c(F)c2n1. The summed E-state index contributed by atoms with van der Waals surface area (Å²) < 4.78 is 29.9. The van der Waals surface area contributed by atoms with Crippen molar-refractivity contribution in [3.8, 4) is 0 Å². The second-order valence-corrected chi connectivity index (χ2v) is 7.29. The van der Waals surface area contributed by atoms with E-state index in [4.69, 9.17) is 0 Å². The Bertz CT molecular complexity index is 1180. The third-order valence-electron chi connectivity index (χ3n) is 5.52. The second-order valence-electron chi connectivity index (χ2n) is 7.29. The van der Waals surface area contributed by atoms with Gasteiger partial charge in [0.1, 0.15) is 11.3 Å². The van der Waals surface area contributed by atoms with E-state index in [-0.39, 0.29) is 5.52 Å². The average molecular weight is 379 g/mol. The second kappa shape index (κ2) is 6.51. The number of fused-ring (bicyclic) bond motifs is 2. The Labute approximate surface area is 160 Å². The Morgan fingerprint density at radius 3 is 2.68 bits per heavy atom. The molecule has 3 aromatic heterocycles. The number of hydrogen-bond acceptors (Lipinski definition) is 4. The highest BCUT2D eigenvalue weighted by Crippen LogP contribution is 2.34. The van der Waals surface area contributed by atoms with E-state index in [0.29, 0.717) is 17.0 Å². The fourth-order valence-electron chi connectivity index (χ4n) is 4.12. The number of pyridine rings is 2. The first kappa shape index (κ1) is 17.0. The van der Waals surface area contributed by atoms with E-state index in [0.717, 1.165) is 43.1 Å². The minimum absolute atomic E-state index is 0.0978. The highest BCUT2D eigenvalue weighted by molar-refractivity contribution is 5.92. The summed E-state index contributed by atoms with van der Waals surface area (Å²) in [7, 11) is 0. The molecule has 4 heterocycles. The molecule has 5 rings (SSSR count). The number of anilines is 1. The first-order chi connectivity index (χ1) is 13.6. The molecule has 1 aliphatic heterocycles. The molecule has 0 bridgehead atoms. The van der Waals surface area contributed by atoms with Gasteiger partial charge in [0, 0.05) is 42.0 Å². The molecule has 0 N–H and O–H groups in total. The lowest BCUT2D eigenvalue weighted by molar-refractivity contribution is 0.483. The largest absolute Gasteiger partial charge is 0.371 e. The molecule has 0 amide bonds. The summed E-state index contributed by atoms with van der Waals surface area (Å²) in [5, 5.41) is 9.30. The molecular formula is C21H19F2N5. The summed E-state index contributed by atoms with van der Waals surface area (Å²) in [6, 6.07) is 10.6. The Hall–Kier alpha value is -3.09. The zero-order valence-electron chi connectivity index (χ0n) is 15.4. The van der Waals surface area contributed by atoms with Crippen LogP contribution in [0.4, 0.5) is 14.5 Å². The van der Waals surface area contributed by atoms with Crippen LogP contribution in [0.15, 0.2) is 42.6 Å². The lowest BCUT2D eigenvalue weighted by Gasteiger charge is -2.33. The summed E-state index contributed by atoms with van der Waals surface area (Å²) >= 11 is 0. The topological polar surface area (TPSA) is 46.3 Å². The number of piperidine rings is 1. The number of aryl methyl sites for hydroxylation is 1. The molecule has 0 atom stereocenters. The molecule has 1 saturated heterocycles. The van der Waals surface area contributed by atoms with Gasteiger partial charge in [0.2, 0.25) is 0 Å². The van der Waals surface area contributed by atoms with Crippen LogP contribution in [0.25, 0.3) is 16.6 Å². The number of rotatable bonds is 2. The molecule has 5 nitrogen and oxygen atoms in total. The average Bonchev–Trinajstić information content (AvgIpc) is 3.15. The molecule has 7 heteroatoms. The van der Waals surface area contributed by atoms with Crippen molar-refractivity contribution in [2.45, 2.75) is 25.7 Å². The predicted molar refractivity (Wildman–Crippen MR) is 104 cm³/mol. The molecule has 28 heavy (non-hydrogen) atoms. The summed E-state index contributed by atoms with van der Waals surface area (Å²) in [5.41, 5.74) is 2.54. The van der Waals surface area contributed by atoms with Crippen molar-refractivity contribution >= 4 is 22.2 Å². The molecule has 0 unspecified atom stereocenters. The molecular weight excluding hydrogens is 360 g/mol. The van der Waals surface area contributed by atoms with Gasteiger partial charge in [-0.1, -0.05) is 6.07 Å². The van der Waals surface area contributed by atoms with Crippen molar-refractivity contribution in [1.82, 2.24) is 19.6 Å². The van der Waals surface area contributed by atoms with E-state index >= 15 is 0 Å². The molecule has 1 aromatic carbocycles. The van der Waals surface area contributed by atoms with Crippen molar-refractivity contribution in [3.63, 3.8) is 0 Å². The van der Waals surface area contributed by atoms with Crippen molar-refractivity contribution in [2.24, 2.45) is 0 Å². The van der Waals surface area contributed by atoms with Gasteiger partial charge in [-0.15, -0.1) is 10.2 Å². The zero-order chi connectivity index (χ0) is 19.3. The number of aromatic nitrogens is 4. The van der Waals surface area contributed by atoms with E-state index in [1.807, 2.05) is 41.8 Å². The first-order valence-electron chi connectivity index (χ1n) is 9.42. The Morgan fingerprint density at radius 1 is 1.04 bits per heavy atom. The third kappa shape index (κ3) is 2.69. The Kier molecular flexibility index (Phi) is 3.96. The van der Waals surface area contributed by atoms with Crippen LogP contribution in [-0.2, 0) is 0 Å². The standard InChI is InChI=1S/C21H19F2N5/c1-13-12-17(15-5-6-16(22)19(23)20(15)24-13)27-10-7-14(8-11-27)21-26-25-18-4-2-3-9-28(18)21/h2-6,9,12,14H,7-8,10-11H2,1H3. The molecule has 0 aliphatic carbocycles. The lowest BCUT2D eigenvalue weighted by Crippen LogP contribution is -2.33. The summed E-state index contributed by atoms with van der Waals surface area (Å²) in [5.74, 6) is -0.447. The fourth-order valence-corrected chi connectivity index (χ4v) is 4.12. The normalized spacial score (nSPS) is 15.6. The van der Waals surface area contributed by atoms with Crippen LogP contribution in [-0.4, -0.2) is 32.7 Å². The van der Waals surface area contributed by atoms with Gasteiger partial charge in [-0.3, -0.25) is 4.40 Å². The lowest BCUT2D eigenvalue weighted by atomic mass is 9.95. The van der Waals surface area contributed by atoms with E-state index in [9.17, 15) is 8.78 Å². The first-order valence-corrected chi connectivity index (χ1v) is 9.42. The Morgan fingerprint density at radius 2 is 1.86 bits per heavy atom. The molecule has 1 aliphatic rings. The Balaban J connectivity index is 1.45. The number of nitrogens with zero attached hydrogens (tertiary/aromatic N) is 5. The monoisotopic (exact) mass is 379 g/mol. The van der Waals surface area contributed by atoms with E-state index in [2.05, 4.69) is 20.1 Å². The highest BCUT2D eigenvalue weighted by atomic mass is 19.2. The van der Waals surface area contributed by atoms with Crippen LogP contribution in [0.1, 0.15) is 30.3 Å². The minimum atomic E-state index is -0.882. The van der Waals surface area contributed by atoms with Gasteiger partial charge >= 0.3 is 0 Å². The zero-order valence-corrected chi connectivity index (χ0v) is 15.4. The van der Waals surface area contributed by atoms with Crippen molar-refractivity contribution < 1.29 is 8.78 Å². The van der Waals surface area contributed by atoms with Crippen LogP contribution in [0.5, 0.6) is 0 Å². The van der Waals surface area contributed by atoms with Crippen LogP contribution in [0.3, 0.4) is 0 Å². The summed E-state index contributed by atoms with van der Waals surface area (Å²) in [6.07, 6.45) is 3.83. The van der Waals surface area contributed by atoms with Crippen LogP contribution < -0.4 is 4.90 Å². The van der Waals surface area contributed by atoms with Crippen molar-refractivity contribution in [2.75, 3.05) is 18.0 Å². The van der Waals surface area contributed by atoms with Crippen LogP contribution in [0, 0.1) is 18.6 Å². The molecule has 0 radical (unpaired) electrons. The van der Waals surface area contributed by atoms with Gasteiger partial charge in [-0.05, 0) is 50.1 Å². The highest BCUT2D eigenvalue weighted by Gasteiger charge is 2.26. The molecule has 0 saturated carbocycles. The minimum Gasteiger partial charge on any atom is -0.371 e. The molecule has 1 fully saturated rings. The van der Waals surface area contributed by atoms with Gasteiger partial charge in [0.25, 0.3) is 0 Å². The van der Waals surface area contributed by atoms with Crippen molar-refractivity contribution in [3.05, 3.63) is 65.7 Å². The van der Waals surface area contributed by atoms with E-state index < -0.39 is 11.6 Å². The van der Waals surface area contributed by atoms with Crippen LogP contribution in [0.2, 0.25) is 0 Å². The molecule has 0 spiro atoms. The smallest absolute Gasteiger partial charge is 0.185 e. The maximum atomic E-state index is 14.2. The van der Waals surface area contributed by atoms with Gasteiger partial charge in [-0.25, -0.2) is 13.8 Å². The van der Waals surface area contributed by atoms with Gasteiger partial charge in [-0.2, -0.15) is 0 Å². The summed E-state index contributed by atoms with van der Waals surface area (Å²) in [4.78, 5) is 6.45. The molecule has 142 valence electrons. The van der Waals surface area contributed by atoms with Crippen LogP contribution >= 0.6 is 0 Å². The predicted octanol–water partition coefficient (Wildman–Crippen LogP) is 4.25. The molecule has 4 aromatic rings.